The smallest absolute Gasteiger partial charge is 0.337 e. The maximum Gasteiger partial charge on any atom is 0.337 e. The number of carbonyl (C=O) groups is 3. The summed E-state index contributed by atoms with van der Waals surface area (Å²) in [7, 11) is 0. The highest BCUT2D eigenvalue weighted by Gasteiger charge is 2.43. The van der Waals surface area contributed by atoms with E-state index in [2.05, 4.69) is 4.90 Å². The van der Waals surface area contributed by atoms with Crippen molar-refractivity contribution in [3.8, 4) is 0 Å². The summed E-state index contributed by atoms with van der Waals surface area (Å²) in [6.07, 6.45) is 0.627. The predicted octanol–water partition coefficient (Wildman–Crippen LogP) is 0.462. The first-order valence-corrected chi connectivity index (χ1v) is 7.66. The average Bonchev–Trinajstić information content (AvgIpc) is 3.11. The Balaban J connectivity index is 1.46. The molecule has 2 amide bonds. The second kappa shape index (κ2) is 5.43. The van der Waals surface area contributed by atoms with Crippen LogP contribution in [0.3, 0.4) is 0 Å². The zero-order chi connectivity index (χ0) is 16.0. The molecule has 0 aromatic heterocycles. The predicted molar refractivity (Wildman–Crippen MR) is 77.3 cm³/mol. The molecule has 3 aliphatic rings. The summed E-state index contributed by atoms with van der Waals surface area (Å²) in [6, 6.07) is 6.66. The van der Waals surface area contributed by atoms with E-state index in [9.17, 15) is 14.4 Å². The molecule has 0 aliphatic carbocycles. The molecule has 3 aliphatic heterocycles. The van der Waals surface area contributed by atoms with Crippen molar-refractivity contribution < 1.29 is 24.0 Å². The van der Waals surface area contributed by atoms with Crippen molar-refractivity contribution in [3.05, 3.63) is 35.4 Å². The molecule has 2 unspecified atom stereocenters. The van der Waals surface area contributed by atoms with Crippen LogP contribution >= 0.6 is 0 Å². The molecule has 7 heteroatoms. The Hall–Kier alpha value is -2.25. The van der Waals surface area contributed by atoms with Gasteiger partial charge >= 0.3 is 5.97 Å². The number of ether oxygens (including phenoxy) is 1. The monoisotopic (exact) mass is 316 g/mol. The first-order chi connectivity index (χ1) is 11.1. The number of carbonyl (C=O) groups excluding carboxylic acids is 3. The Labute approximate surface area is 132 Å². The van der Waals surface area contributed by atoms with E-state index in [1.807, 2.05) is 0 Å². The van der Waals surface area contributed by atoms with E-state index >= 15 is 0 Å². The minimum absolute atomic E-state index is 0.212. The Morgan fingerprint density at radius 1 is 1.17 bits per heavy atom. The Bertz CT molecular complexity index is 640. The van der Waals surface area contributed by atoms with Crippen molar-refractivity contribution >= 4 is 17.8 Å². The van der Waals surface area contributed by atoms with Crippen LogP contribution in [0.15, 0.2) is 24.3 Å². The molecule has 0 bridgehead atoms. The average molecular weight is 316 g/mol. The molecule has 1 aromatic rings. The van der Waals surface area contributed by atoms with Crippen LogP contribution in [0.2, 0.25) is 0 Å². The van der Waals surface area contributed by atoms with Gasteiger partial charge < -0.3 is 9.57 Å². The van der Waals surface area contributed by atoms with Crippen molar-refractivity contribution in [3.63, 3.8) is 0 Å². The molecule has 0 saturated carbocycles. The number of imide groups is 1. The van der Waals surface area contributed by atoms with Gasteiger partial charge in [0.05, 0.1) is 30.3 Å². The number of morpholine rings is 1. The molecule has 2 atom stereocenters. The van der Waals surface area contributed by atoms with Crippen LogP contribution in [0.1, 0.15) is 27.1 Å². The maximum atomic E-state index is 12.4. The number of hydroxylamine groups is 2. The largest absolute Gasteiger partial charge is 0.378 e. The lowest BCUT2D eigenvalue weighted by Gasteiger charge is -2.28. The van der Waals surface area contributed by atoms with Crippen LogP contribution in [0.4, 0.5) is 0 Å². The molecule has 120 valence electrons. The summed E-state index contributed by atoms with van der Waals surface area (Å²) in [5.74, 6) is -2.05. The summed E-state index contributed by atoms with van der Waals surface area (Å²) in [5, 5.41) is 0.584. The second-order valence-corrected chi connectivity index (χ2v) is 6.02. The van der Waals surface area contributed by atoms with E-state index in [0.717, 1.165) is 6.54 Å². The lowest BCUT2D eigenvalue weighted by atomic mass is 10.1. The van der Waals surface area contributed by atoms with Crippen LogP contribution in [-0.4, -0.2) is 60.1 Å². The fraction of sp³-hybridized carbons (Fsp3) is 0.438. The van der Waals surface area contributed by atoms with Gasteiger partial charge in [-0.05, 0) is 18.6 Å². The quantitative estimate of drug-likeness (QED) is 0.738. The highest BCUT2D eigenvalue weighted by molar-refractivity contribution is 6.20. The van der Waals surface area contributed by atoms with Gasteiger partial charge in [0, 0.05) is 19.1 Å². The number of nitrogens with zero attached hydrogens (tertiary/aromatic N) is 2. The molecule has 1 aromatic carbocycles. The first kappa shape index (κ1) is 14.3. The number of amides is 2. The highest BCUT2D eigenvalue weighted by Crippen LogP contribution is 2.28. The molecular formula is C16H16N2O5. The summed E-state index contributed by atoms with van der Waals surface area (Å²) in [4.78, 5) is 44.1. The van der Waals surface area contributed by atoms with Crippen LogP contribution in [-0.2, 0) is 14.4 Å². The lowest BCUT2D eigenvalue weighted by Crippen LogP contribution is -2.41. The van der Waals surface area contributed by atoms with Gasteiger partial charge in [0.1, 0.15) is 0 Å². The Morgan fingerprint density at radius 2 is 1.87 bits per heavy atom. The summed E-state index contributed by atoms with van der Waals surface area (Å²) >= 11 is 0. The van der Waals surface area contributed by atoms with Crippen LogP contribution in [0.5, 0.6) is 0 Å². The molecular weight excluding hydrogens is 300 g/mol. The minimum atomic E-state index is -0.585. The van der Waals surface area contributed by atoms with Crippen molar-refractivity contribution in [2.24, 2.45) is 5.92 Å². The number of hydrogen-bond donors (Lipinski definition) is 0. The normalized spacial score (nSPS) is 27.0. The van der Waals surface area contributed by atoms with Gasteiger partial charge in [0.2, 0.25) is 0 Å². The maximum absolute atomic E-state index is 12.4. The van der Waals surface area contributed by atoms with Crippen molar-refractivity contribution in [1.29, 1.82) is 0 Å². The minimum Gasteiger partial charge on any atom is -0.378 e. The molecule has 23 heavy (non-hydrogen) atoms. The number of fused-ring (bicyclic) bond motifs is 2. The fourth-order valence-electron chi connectivity index (χ4n) is 3.42. The van der Waals surface area contributed by atoms with Crippen LogP contribution in [0.25, 0.3) is 0 Å². The van der Waals surface area contributed by atoms with Crippen LogP contribution < -0.4 is 0 Å². The Morgan fingerprint density at radius 3 is 2.52 bits per heavy atom. The van der Waals surface area contributed by atoms with Gasteiger partial charge in [-0.1, -0.05) is 17.2 Å². The van der Waals surface area contributed by atoms with E-state index in [1.165, 1.54) is 0 Å². The van der Waals surface area contributed by atoms with E-state index in [4.69, 9.17) is 9.57 Å². The lowest BCUT2D eigenvalue weighted by molar-refractivity contribution is -0.173. The molecule has 3 heterocycles. The molecule has 7 nitrogen and oxygen atoms in total. The zero-order valence-corrected chi connectivity index (χ0v) is 12.4. The third-order valence-electron chi connectivity index (χ3n) is 4.63. The van der Waals surface area contributed by atoms with E-state index < -0.39 is 17.8 Å². The van der Waals surface area contributed by atoms with Crippen molar-refractivity contribution in [1.82, 2.24) is 9.96 Å². The van der Waals surface area contributed by atoms with Gasteiger partial charge in [-0.25, -0.2) is 4.79 Å². The van der Waals surface area contributed by atoms with E-state index in [1.54, 1.807) is 24.3 Å². The standard InChI is InChI=1S/C16H16N2O5/c19-14-12-3-1-2-4-13(12)15(20)18(14)23-16(21)10-7-11-9-22-6-5-17(11)8-10/h1-4,10-11H,5-9H2. The number of rotatable bonds is 2. The topological polar surface area (TPSA) is 76.1 Å². The van der Waals surface area contributed by atoms with Gasteiger partial charge in [-0.15, -0.1) is 0 Å². The van der Waals surface area contributed by atoms with Gasteiger partial charge in [0.25, 0.3) is 11.8 Å². The third-order valence-corrected chi connectivity index (χ3v) is 4.63. The van der Waals surface area contributed by atoms with Crippen molar-refractivity contribution in [2.45, 2.75) is 12.5 Å². The summed E-state index contributed by atoms with van der Waals surface area (Å²) in [6.45, 7) is 2.64. The second-order valence-electron chi connectivity index (χ2n) is 6.02. The highest BCUT2D eigenvalue weighted by atomic mass is 16.7. The molecule has 0 N–H and O–H groups in total. The molecule has 0 spiro atoms. The third kappa shape index (κ3) is 2.32. The van der Waals surface area contributed by atoms with Gasteiger partial charge in [-0.3, -0.25) is 14.5 Å². The fourth-order valence-corrected chi connectivity index (χ4v) is 3.42. The molecule has 2 saturated heterocycles. The van der Waals surface area contributed by atoms with Gasteiger partial charge in [0.15, 0.2) is 0 Å². The SMILES string of the molecule is O=C(ON1C(=O)c2ccccc2C1=O)C1CC2COCCN2C1. The summed E-state index contributed by atoms with van der Waals surface area (Å²) < 4.78 is 5.41. The first-order valence-electron chi connectivity index (χ1n) is 7.66. The molecule has 4 rings (SSSR count). The van der Waals surface area contributed by atoms with Gasteiger partial charge in [-0.2, -0.15) is 0 Å². The summed E-state index contributed by atoms with van der Waals surface area (Å²) in [5.41, 5.74) is 0.532. The zero-order valence-electron chi connectivity index (χ0n) is 12.4. The van der Waals surface area contributed by atoms with E-state index in [0.29, 0.717) is 31.2 Å². The van der Waals surface area contributed by atoms with E-state index in [-0.39, 0.29) is 23.1 Å². The molecule has 0 radical (unpaired) electrons. The van der Waals surface area contributed by atoms with Crippen LogP contribution in [0, 0.1) is 5.92 Å². The number of hydrogen-bond acceptors (Lipinski definition) is 6. The Kier molecular flexibility index (Phi) is 3.39. The number of benzene rings is 1. The van der Waals surface area contributed by atoms with Crippen molar-refractivity contribution in [2.75, 3.05) is 26.3 Å². The molecule has 2 fully saturated rings.